The third-order valence-electron chi connectivity index (χ3n) is 2.41. The zero-order valence-electron chi connectivity index (χ0n) is 8.26. The topological polar surface area (TPSA) is 62.9 Å². The molecule has 0 saturated carbocycles. The largest absolute Gasteiger partial charge is 0.480 e. The molecule has 1 aliphatic heterocycles. The summed E-state index contributed by atoms with van der Waals surface area (Å²) in [6.07, 6.45) is 1.59. The molecule has 0 aliphatic carbocycles. The van der Waals surface area contributed by atoms with Crippen molar-refractivity contribution in [3.8, 4) is 0 Å². The second kappa shape index (κ2) is 4.46. The number of furan rings is 1. The standard InChI is InChI=1S/C10H13NO4/c12-10(13)5-11(8-6-14-7-8)4-9-2-1-3-15-9/h1-3,8H,4-7H2,(H,12,13). The molecule has 1 aliphatic rings. The summed E-state index contributed by atoms with van der Waals surface area (Å²) in [4.78, 5) is 12.5. The molecular weight excluding hydrogens is 198 g/mol. The van der Waals surface area contributed by atoms with Crippen LogP contribution < -0.4 is 0 Å². The van der Waals surface area contributed by atoms with E-state index >= 15 is 0 Å². The van der Waals surface area contributed by atoms with Crippen LogP contribution in [-0.2, 0) is 16.1 Å². The van der Waals surface area contributed by atoms with Crippen LogP contribution >= 0.6 is 0 Å². The van der Waals surface area contributed by atoms with Gasteiger partial charge in [0.2, 0.25) is 0 Å². The van der Waals surface area contributed by atoms with E-state index in [-0.39, 0.29) is 12.6 Å². The van der Waals surface area contributed by atoms with Crippen LogP contribution in [-0.4, -0.2) is 41.8 Å². The Balaban J connectivity index is 1.95. The summed E-state index contributed by atoms with van der Waals surface area (Å²) in [7, 11) is 0. The smallest absolute Gasteiger partial charge is 0.317 e. The molecule has 0 bridgehead atoms. The first kappa shape index (κ1) is 10.2. The maximum Gasteiger partial charge on any atom is 0.317 e. The van der Waals surface area contributed by atoms with Gasteiger partial charge in [0.1, 0.15) is 5.76 Å². The van der Waals surface area contributed by atoms with Gasteiger partial charge in [-0.1, -0.05) is 0 Å². The molecule has 0 unspecified atom stereocenters. The van der Waals surface area contributed by atoms with Crippen LogP contribution in [0.15, 0.2) is 22.8 Å². The number of hydrogen-bond acceptors (Lipinski definition) is 4. The van der Waals surface area contributed by atoms with Crippen molar-refractivity contribution >= 4 is 5.97 Å². The number of carbonyl (C=O) groups is 1. The SMILES string of the molecule is O=C(O)CN(Cc1ccco1)C1COC1. The molecule has 1 aromatic heterocycles. The van der Waals surface area contributed by atoms with Crippen molar-refractivity contribution in [2.75, 3.05) is 19.8 Å². The van der Waals surface area contributed by atoms with Gasteiger partial charge in [0, 0.05) is 0 Å². The Morgan fingerprint density at radius 1 is 1.60 bits per heavy atom. The number of hydrogen-bond donors (Lipinski definition) is 1. The summed E-state index contributed by atoms with van der Waals surface area (Å²) in [5.74, 6) is -0.0448. The summed E-state index contributed by atoms with van der Waals surface area (Å²) in [5.41, 5.74) is 0. The Bertz CT molecular complexity index is 318. The monoisotopic (exact) mass is 211 g/mol. The van der Waals surface area contributed by atoms with E-state index in [9.17, 15) is 4.79 Å². The first-order chi connectivity index (χ1) is 7.25. The number of carboxylic acids is 1. The van der Waals surface area contributed by atoms with Crippen molar-refractivity contribution in [2.24, 2.45) is 0 Å². The lowest BCUT2D eigenvalue weighted by Crippen LogP contribution is -2.50. The average molecular weight is 211 g/mol. The Morgan fingerprint density at radius 3 is 2.87 bits per heavy atom. The molecular formula is C10H13NO4. The van der Waals surface area contributed by atoms with Crippen molar-refractivity contribution in [3.05, 3.63) is 24.2 Å². The van der Waals surface area contributed by atoms with Crippen molar-refractivity contribution in [1.29, 1.82) is 0 Å². The van der Waals surface area contributed by atoms with E-state index in [2.05, 4.69) is 0 Å². The summed E-state index contributed by atoms with van der Waals surface area (Å²) < 4.78 is 10.2. The van der Waals surface area contributed by atoms with Gasteiger partial charge in [-0.25, -0.2) is 0 Å². The number of ether oxygens (including phenoxy) is 1. The van der Waals surface area contributed by atoms with E-state index in [0.29, 0.717) is 19.8 Å². The highest BCUT2D eigenvalue weighted by molar-refractivity contribution is 5.69. The lowest BCUT2D eigenvalue weighted by atomic mass is 10.2. The fourth-order valence-electron chi connectivity index (χ4n) is 1.52. The molecule has 0 aromatic carbocycles. The predicted molar refractivity (Wildman–Crippen MR) is 51.4 cm³/mol. The predicted octanol–water partition coefficient (Wildman–Crippen LogP) is 0.565. The number of rotatable bonds is 5. The van der Waals surface area contributed by atoms with Gasteiger partial charge in [-0.15, -0.1) is 0 Å². The highest BCUT2D eigenvalue weighted by Gasteiger charge is 2.27. The van der Waals surface area contributed by atoms with Crippen LogP contribution in [0.4, 0.5) is 0 Å². The van der Waals surface area contributed by atoms with Crippen LogP contribution in [0.5, 0.6) is 0 Å². The molecule has 1 aromatic rings. The fourth-order valence-corrected chi connectivity index (χ4v) is 1.52. The van der Waals surface area contributed by atoms with E-state index in [0.717, 1.165) is 5.76 Å². The molecule has 82 valence electrons. The van der Waals surface area contributed by atoms with Gasteiger partial charge < -0.3 is 14.3 Å². The van der Waals surface area contributed by atoms with Gasteiger partial charge in [-0.3, -0.25) is 9.69 Å². The normalized spacial score (nSPS) is 16.6. The zero-order valence-corrected chi connectivity index (χ0v) is 8.26. The van der Waals surface area contributed by atoms with Crippen LogP contribution in [0.3, 0.4) is 0 Å². The molecule has 1 saturated heterocycles. The van der Waals surface area contributed by atoms with Gasteiger partial charge in [-0.05, 0) is 12.1 Å². The lowest BCUT2D eigenvalue weighted by Gasteiger charge is -2.35. The second-order valence-electron chi connectivity index (χ2n) is 3.57. The van der Waals surface area contributed by atoms with Crippen LogP contribution in [0.2, 0.25) is 0 Å². The quantitative estimate of drug-likeness (QED) is 0.771. The van der Waals surface area contributed by atoms with E-state index in [1.807, 2.05) is 11.0 Å². The molecule has 15 heavy (non-hydrogen) atoms. The Labute approximate surface area is 87.2 Å². The van der Waals surface area contributed by atoms with Gasteiger partial charge in [0.25, 0.3) is 0 Å². The number of nitrogens with zero attached hydrogens (tertiary/aromatic N) is 1. The first-order valence-electron chi connectivity index (χ1n) is 4.81. The first-order valence-corrected chi connectivity index (χ1v) is 4.81. The van der Waals surface area contributed by atoms with Gasteiger partial charge in [0.15, 0.2) is 0 Å². The minimum atomic E-state index is -0.826. The van der Waals surface area contributed by atoms with Gasteiger partial charge >= 0.3 is 5.97 Å². The molecule has 0 spiro atoms. The third-order valence-corrected chi connectivity index (χ3v) is 2.41. The second-order valence-corrected chi connectivity index (χ2v) is 3.57. The minimum absolute atomic E-state index is 0.0225. The molecule has 2 heterocycles. The molecule has 1 N–H and O–H groups in total. The van der Waals surface area contributed by atoms with Crippen molar-refractivity contribution in [3.63, 3.8) is 0 Å². The van der Waals surface area contributed by atoms with Crippen molar-refractivity contribution < 1.29 is 19.1 Å². The molecule has 5 nitrogen and oxygen atoms in total. The van der Waals surface area contributed by atoms with Crippen LogP contribution in [0, 0.1) is 0 Å². The molecule has 0 amide bonds. The average Bonchev–Trinajstić information content (AvgIpc) is 2.51. The number of carboxylic acid groups (broad SMARTS) is 1. The molecule has 2 rings (SSSR count). The lowest BCUT2D eigenvalue weighted by molar-refractivity contribution is -0.143. The summed E-state index contributed by atoms with van der Waals surface area (Å²) in [5, 5.41) is 8.77. The number of aliphatic carboxylic acids is 1. The van der Waals surface area contributed by atoms with Crippen LogP contribution in [0.25, 0.3) is 0 Å². The Morgan fingerprint density at radius 2 is 2.40 bits per heavy atom. The third kappa shape index (κ3) is 2.57. The maximum atomic E-state index is 10.7. The molecule has 0 radical (unpaired) electrons. The highest BCUT2D eigenvalue weighted by Crippen LogP contribution is 2.14. The summed E-state index contributed by atoms with van der Waals surface area (Å²) in [6, 6.07) is 3.84. The van der Waals surface area contributed by atoms with E-state index in [4.69, 9.17) is 14.3 Å². The van der Waals surface area contributed by atoms with E-state index in [1.165, 1.54) is 0 Å². The molecule has 5 heteroatoms. The van der Waals surface area contributed by atoms with Crippen molar-refractivity contribution in [1.82, 2.24) is 4.90 Å². The Kier molecular flexibility index (Phi) is 3.03. The van der Waals surface area contributed by atoms with Gasteiger partial charge in [0.05, 0.1) is 38.6 Å². The maximum absolute atomic E-state index is 10.7. The molecule has 0 atom stereocenters. The van der Waals surface area contributed by atoms with Crippen molar-refractivity contribution in [2.45, 2.75) is 12.6 Å². The minimum Gasteiger partial charge on any atom is -0.480 e. The summed E-state index contributed by atoms with van der Waals surface area (Å²) >= 11 is 0. The van der Waals surface area contributed by atoms with Crippen LogP contribution in [0.1, 0.15) is 5.76 Å². The Hall–Kier alpha value is -1.33. The molecule has 1 fully saturated rings. The van der Waals surface area contributed by atoms with E-state index in [1.54, 1.807) is 12.3 Å². The van der Waals surface area contributed by atoms with E-state index < -0.39 is 5.97 Å². The summed E-state index contributed by atoms with van der Waals surface area (Å²) in [6.45, 7) is 1.75. The fraction of sp³-hybridized carbons (Fsp3) is 0.500. The van der Waals surface area contributed by atoms with Gasteiger partial charge in [-0.2, -0.15) is 0 Å². The highest BCUT2D eigenvalue weighted by atomic mass is 16.5. The zero-order chi connectivity index (χ0) is 10.7.